The van der Waals surface area contributed by atoms with E-state index < -0.39 is 0 Å². The summed E-state index contributed by atoms with van der Waals surface area (Å²) in [4.78, 5) is 10.4. The molecule has 0 aliphatic heterocycles. The lowest BCUT2D eigenvalue weighted by atomic mass is 9.89. The zero-order valence-electron chi connectivity index (χ0n) is 14.5. The van der Waals surface area contributed by atoms with Gasteiger partial charge in [-0.3, -0.25) is 4.79 Å². The fraction of sp³-hybridized carbons (Fsp3) is 0.550. The molecule has 0 saturated carbocycles. The van der Waals surface area contributed by atoms with Crippen LogP contribution in [-0.2, 0) is 4.79 Å². The molecule has 21 heavy (non-hydrogen) atoms. The van der Waals surface area contributed by atoms with Crippen LogP contribution in [0, 0.1) is 11.8 Å². The highest BCUT2D eigenvalue weighted by molar-refractivity contribution is 5.65. The molecule has 1 heteroatoms. The lowest BCUT2D eigenvalue weighted by molar-refractivity contribution is -0.104. The lowest BCUT2D eigenvalue weighted by Gasteiger charge is -2.17. The summed E-state index contributed by atoms with van der Waals surface area (Å²) in [5.74, 6) is 1.27. The van der Waals surface area contributed by atoms with Crippen LogP contribution in [0.1, 0.15) is 60.3 Å². The number of allylic oxidation sites excluding steroid dienone is 7. The van der Waals surface area contributed by atoms with Crippen molar-refractivity contribution in [3.63, 3.8) is 0 Å². The van der Waals surface area contributed by atoms with E-state index >= 15 is 0 Å². The number of carbonyl (C=O) groups is 1. The monoisotopic (exact) mass is 288 g/mol. The second kappa shape index (κ2) is 11.3. The maximum Gasteiger partial charge on any atom is 0.142 e. The molecule has 0 aliphatic rings. The maximum absolute atomic E-state index is 10.4. The molecule has 0 saturated heterocycles. The van der Waals surface area contributed by atoms with Gasteiger partial charge in [0.1, 0.15) is 6.29 Å². The van der Waals surface area contributed by atoms with E-state index in [0.29, 0.717) is 11.8 Å². The topological polar surface area (TPSA) is 17.1 Å². The molecule has 1 atom stereocenters. The number of rotatable bonds is 10. The number of aldehydes is 1. The molecule has 0 fully saturated rings. The largest absolute Gasteiger partial charge is 0.299 e. The second-order valence-corrected chi connectivity index (χ2v) is 6.39. The van der Waals surface area contributed by atoms with Gasteiger partial charge in [-0.05, 0) is 64.4 Å². The number of carbonyl (C=O) groups excluding carboxylic acids is 1. The lowest BCUT2D eigenvalue weighted by Crippen LogP contribution is -2.05. The average molecular weight is 288 g/mol. The van der Waals surface area contributed by atoms with Crippen LogP contribution in [0.25, 0.3) is 0 Å². The summed E-state index contributed by atoms with van der Waals surface area (Å²) in [6, 6.07) is 0. The van der Waals surface area contributed by atoms with E-state index in [1.165, 1.54) is 12.0 Å². The molecule has 0 N–H and O–H groups in total. The van der Waals surface area contributed by atoms with Gasteiger partial charge in [-0.1, -0.05) is 55.4 Å². The van der Waals surface area contributed by atoms with E-state index in [0.717, 1.165) is 36.7 Å². The van der Waals surface area contributed by atoms with Crippen molar-refractivity contribution in [3.05, 3.63) is 47.6 Å². The summed E-state index contributed by atoms with van der Waals surface area (Å²) in [6.45, 7) is 14.7. The maximum atomic E-state index is 10.4. The van der Waals surface area contributed by atoms with Gasteiger partial charge in [-0.15, -0.1) is 0 Å². The summed E-state index contributed by atoms with van der Waals surface area (Å²) in [5.41, 5.74) is 3.71. The molecule has 1 nitrogen and oxygen atoms in total. The Labute approximate surface area is 131 Å². The van der Waals surface area contributed by atoms with Crippen LogP contribution in [0.3, 0.4) is 0 Å². The number of hydrogen-bond acceptors (Lipinski definition) is 1. The quantitative estimate of drug-likeness (QED) is 0.207. The second-order valence-electron chi connectivity index (χ2n) is 6.39. The van der Waals surface area contributed by atoms with Crippen molar-refractivity contribution in [1.82, 2.24) is 0 Å². The molecule has 0 aromatic heterocycles. The van der Waals surface area contributed by atoms with Crippen LogP contribution < -0.4 is 0 Å². The summed E-state index contributed by atoms with van der Waals surface area (Å²) in [7, 11) is 0. The molecule has 0 radical (unpaired) electrons. The molecule has 0 aromatic carbocycles. The highest BCUT2D eigenvalue weighted by atomic mass is 16.1. The average Bonchev–Trinajstić information content (AvgIpc) is 2.38. The Morgan fingerprint density at radius 1 is 1.10 bits per heavy atom. The first kappa shape index (κ1) is 19.6. The van der Waals surface area contributed by atoms with Crippen molar-refractivity contribution in [2.75, 3.05) is 0 Å². The van der Waals surface area contributed by atoms with Gasteiger partial charge in [0.05, 0.1) is 0 Å². The Morgan fingerprint density at radius 3 is 2.29 bits per heavy atom. The Kier molecular flexibility index (Phi) is 10.6. The van der Waals surface area contributed by atoms with E-state index in [4.69, 9.17) is 0 Å². The molecule has 1 unspecified atom stereocenters. The molecule has 0 amide bonds. The standard InChI is InChI=1S/C20H32O/c1-16(2)10-12-20(17(3)4)13-11-18(5)8-7-9-19(6)14-15-21/h8,10,12,14-15,17,20H,1,7,9,11,13H2,2-6H3/b12-10+,18-8-,19-14+. The first-order chi connectivity index (χ1) is 9.86. The smallest absolute Gasteiger partial charge is 0.142 e. The highest BCUT2D eigenvalue weighted by Crippen LogP contribution is 2.22. The minimum atomic E-state index is 0.613. The minimum absolute atomic E-state index is 0.613. The van der Waals surface area contributed by atoms with Gasteiger partial charge < -0.3 is 0 Å². The minimum Gasteiger partial charge on any atom is -0.299 e. The summed E-state index contributed by atoms with van der Waals surface area (Å²) < 4.78 is 0. The Bertz CT molecular complexity index is 408. The van der Waals surface area contributed by atoms with E-state index in [2.05, 4.69) is 45.6 Å². The number of hydrogen-bond donors (Lipinski definition) is 0. The third kappa shape index (κ3) is 11.0. The summed E-state index contributed by atoms with van der Waals surface area (Å²) in [5, 5.41) is 0. The van der Waals surface area contributed by atoms with Gasteiger partial charge in [0.2, 0.25) is 0 Å². The van der Waals surface area contributed by atoms with Gasteiger partial charge in [0.25, 0.3) is 0 Å². The SMILES string of the molecule is C=C(C)/C=C/C(CC/C(C)=C\CC/C(C)=C/C=O)C(C)C. The Hall–Kier alpha value is -1.37. The van der Waals surface area contributed by atoms with Gasteiger partial charge in [0.15, 0.2) is 0 Å². The molecular formula is C20H32O. The van der Waals surface area contributed by atoms with Crippen molar-refractivity contribution in [1.29, 1.82) is 0 Å². The first-order valence-electron chi connectivity index (χ1n) is 7.97. The fourth-order valence-corrected chi connectivity index (χ4v) is 2.18. The molecule has 118 valence electrons. The first-order valence-corrected chi connectivity index (χ1v) is 7.97. The van der Waals surface area contributed by atoms with Crippen LogP contribution in [0.5, 0.6) is 0 Å². The predicted octanol–water partition coefficient (Wildman–Crippen LogP) is 6.04. The van der Waals surface area contributed by atoms with E-state index in [1.807, 2.05) is 13.8 Å². The van der Waals surface area contributed by atoms with Gasteiger partial charge in [0, 0.05) is 0 Å². The molecular weight excluding hydrogens is 256 g/mol. The zero-order chi connectivity index (χ0) is 16.3. The van der Waals surface area contributed by atoms with Crippen LogP contribution in [0.15, 0.2) is 47.6 Å². The molecule has 0 heterocycles. The van der Waals surface area contributed by atoms with Crippen molar-refractivity contribution in [2.24, 2.45) is 11.8 Å². The van der Waals surface area contributed by atoms with Crippen LogP contribution in [-0.4, -0.2) is 6.29 Å². The third-order valence-electron chi connectivity index (χ3n) is 3.74. The van der Waals surface area contributed by atoms with Crippen LogP contribution in [0.4, 0.5) is 0 Å². The molecule has 0 spiro atoms. The van der Waals surface area contributed by atoms with Crippen LogP contribution >= 0.6 is 0 Å². The summed E-state index contributed by atoms with van der Waals surface area (Å²) >= 11 is 0. The zero-order valence-corrected chi connectivity index (χ0v) is 14.5. The molecule has 0 aliphatic carbocycles. The fourth-order valence-electron chi connectivity index (χ4n) is 2.18. The summed E-state index contributed by atoms with van der Waals surface area (Å²) in [6.07, 6.45) is 13.6. The van der Waals surface area contributed by atoms with Gasteiger partial charge >= 0.3 is 0 Å². The molecule has 0 rings (SSSR count). The highest BCUT2D eigenvalue weighted by Gasteiger charge is 2.09. The molecule has 0 bridgehead atoms. The van der Waals surface area contributed by atoms with Crippen molar-refractivity contribution in [3.8, 4) is 0 Å². The van der Waals surface area contributed by atoms with Gasteiger partial charge in [-0.2, -0.15) is 0 Å². The van der Waals surface area contributed by atoms with Crippen molar-refractivity contribution >= 4 is 6.29 Å². The van der Waals surface area contributed by atoms with Crippen LogP contribution in [0.2, 0.25) is 0 Å². The third-order valence-corrected chi connectivity index (χ3v) is 3.74. The van der Waals surface area contributed by atoms with Crippen molar-refractivity contribution < 1.29 is 4.79 Å². The predicted molar refractivity (Wildman–Crippen MR) is 94.3 cm³/mol. The normalized spacial score (nSPS) is 14.8. The van der Waals surface area contributed by atoms with Gasteiger partial charge in [-0.25, -0.2) is 0 Å². The van der Waals surface area contributed by atoms with E-state index in [9.17, 15) is 4.79 Å². The van der Waals surface area contributed by atoms with E-state index in [1.54, 1.807) is 6.08 Å². The van der Waals surface area contributed by atoms with E-state index in [-0.39, 0.29) is 0 Å². The Morgan fingerprint density at radius 2 is 1.76 bits per heavy atom. The van der Waals surface area contributed by atoms with Crippen molar-refractivity contribution in [2.45, 2.75) is 60.3 Å². The Balaban J connectivity index is 4.29. The molecule has 0 aromatic rings.